The van der Waals surface area contributed by atoms with E-state index in [-0.39, 0.29) is 12.1 Å². The third kappa shape index (κ3) is 4.24. The van der Waals surface area contributed by atoms with Crippen molar-refractivity contribution < 1.29 is 13.2 Å². The fraction of sp³-hybridized carbons (Fsp3) is 0.429. The van der Waals surface area contributed by atoms with Crippen molar-refractivity contribution in [3.05, 3.63) is 71.3 Å². The molecule has 1 aliphatic rings. The van der Waals surface area contributed by atoms with Gasteiger partial charge in [-0.2, -0.15) is 13.2 Å². The molecule has 0 aliphatic carbocycles. The van der Waals surface area contributed by atoms with Crippen LogP contribution in [-0.4, -0.2) is 17.5 Å². The Bertz CT molecular complexity index is 681. The van der Waals surface area contributed by atoms with Crippen molar-refractivity contribution >= 4 is 0 Å². The van der Waals surface area contributed by atoms with Crippen LogP contribution in [-0.2, 0) is 12.6 Å². The lowest BCUT2D eigenvalue weighted by Crippen LogP contribution is -2.42. The highest BCUT2D eigenvalue weighted by molar-refractivity contribution is 5.32. The van der Waals surface area contributed by atoms with E-state index >= 15 is 0 Å². The molecule has 1 heterocycles. The molecule has 1 saturated heterocycles. The number of hydrogen-bond acceptors (Lipinski definition) is 1. The van der Waals surface area contributed by atoms with Crippen LogP contribution < -0.4 is 0 Å². The van der Waals surface area contributed by atoms with E-state index in [2.05, 4.69) is 17.0 Å². The number of alkyl halides is 3. The molecule has 1 nitrogen and oxygen atoms in total. The van der Waals surface area contributed by atoms with E-state index in [1.54, 1.807) is 12.1 Å². The predicted molar refractivity (Wildman–Crippen MR) is 94.4 cm³/mol. The smallest absolute Gasteiger partial charge is 0.293 e. The minimum Gasteiger partial charge on any atom is -0.293 e. The molecule has 1 fully saturated rings. The van der Waals surface area contributed by atoms with E-state index in [0.29, 0.717) is 5.56 Å². The molecule has 0 radical (unpaired) electrons. The Hall–Kier alpha value is -1.81. The second-order valence-corrected chi connectivity index (χ2v) is 6.84. The van der Waals surface area contributed by atoms with Crippen molar-refractivity contribution in [3.8, 4) is 0 Å². The Labute approximate surface area is 147 Å². The van der Waals surface area contributed by atoms with E-state index in [1.807, 2.05) is 25.1 Å². The topological polar surface area (TPSA) is 3.24 Å². The number of rotatable bonds is 4. The van der Waals surface area contributed by atoms with E-state index in [1.165, 1.54) is 17.7 Å². The summed E-state index contributed by atoms with van der Waals surface area (Å²) in [6.07, 6.45) is -0.201. The van der Waals surface area contributed by atoms with Crippen molar-refractivity contribution in [2.45, 2.75) is 50.9 Å². The van der Waals surface area contributed by atoms with Crippen LogP contribution in [0.5, 0.6) is 0 Å². The lowest BCUT2D eigenvalue weighted by atomic mass is 9.91. The lowest BCUT2D eigenvalue weighted by Gasteiger charge is -2.41. The first-order chi connectivity index (χ1) is 12.0. The molecule has 4 heteroatoms. The van der Waals surface area contributed by atoms with Crippen LogP contribution in [0.25, 0.3) is 0 Å². The molecule has 3 rings (SSSR count). The fourth-order valence-electron chi connectivity index (χ4n) is 3.94. The number of nitrogens with zero attached hydrogens (tertiary/aromatic N) is 1. The molecule has 134 valence electrons. The molecular formula is C21H24F3N. The Balaban J connectivity index is 1.85. The maximum Gasteiger partial charge on any atom is 0.416 e. The number of likely N-dealkylation sites (tertiary alicyclic amines) is 1. The summed E-state index contributed by atoms with van der Waals surface area (Å²) in [7, 11) is 0. The molecule has 2 aromatic carbocycles. The van der Waals surface area contributed by atoms with Gasteiger partial charge in [0, 0.05) is 12.1 Å². The molecule has 0 N–H and O–H groups in total. The largest absolute Gasteiger partial charge is 0.416 e. The van der Waals surface area contributed by atoms with Gasteiger partial charge < -0.3 is 0 Å². The van der Waals surface area contributed by atoms with Crippen LogP contribution >= 0.6 is 0 Å². The second-order valence-electron chi connectivity index (χ2n) is 6.84. The molecule has 2 aromatic rings. The summed E-state index contributed by atoms with van der Waals surface area (Å²) >= 11 is 0. The molecule has 0 aromatic heterocycles. The van der Waals surface area contributed by atoms with Crippen molar-refractivity contribution in [2.75, 3.05) is 6.54 Å². The summed E-state index contributed by atoms with van der Waals surface area (Å²) in [4.78, 5) is 2.26. The maximum absolute atomic E-state index is 13.4. The van der Waals surface area contributed by atoms with Crippen molar-refractivity contribution in [2.24, 2.45) is 0 Å². The monoisotopic (exact) mass is 347 g/mol. The Morgan fingerprint density at radius 2 is 1.68 bits per heavy atom. The Kier molecular flexibility index (Phi) is 5.48. The second kappa shape index (κ2) is 7.61. The number of hydrogen-bond donors (Lipinski definition) is 0. The molecule has 2 unspecified atom stereocenters. The van der Waals surface area contributed by atoms with Gasteiger partial charge in [0.25, 0.3) is 0 Å². The summed E-state index contributed by atoms with van der Waals surface area (Å²) in [6, 6.07) is 16.3. The number of benzene rings is 2. The Morgan fingerprint density at radius 3 is 2.40 bits per heavy atom. The summed E-state index contributed by atoms with van der Waals surface area (Å²) in [5.41, 5.74) is 1.12. The minimum atomic E-state index is -4.31. The van der Waals surface area contributed by atoms with Crippen LogP contribution in [0.3, 0.4) is 0 Å². The van der Waals surface area contributed by atoms with Crippen LogP contribution in [0.4, 0.5) is 13.2 Å². The Morgan fingerprint density at radius 1 is 1.00 bits per heavy atom. The third-order valence-electron chi connectivity index (χ3n) is 5.20. The van der Waals surface area contributed by atoms with Gasteiger partial charge >= 0.3 is 6.18 Å². The third-order valence-corrected chi connectivity index (χ3v) is 5.20. The molecule has 0 bridgehead atoms. The van der Waals surface area contributed by atoms with Gasteiger partial charge in [-0.05, 0) is 49.9 Å². The van der Waals surface area contributed by atoms with Gasteiger partial charge in [-0.25, -0.2) is 0 Å². The molecular weight excluding hydrogens is 323 g/mol. The van der Waals surface area contributed by atoms with Crippen LogP contribution in [0.1, 0.15) is 48.9 Å². The normalized spacial score (nSPS) is 20.4. The highest BCUT2D eigenvalue weighted by atomic mass is 19.4. The van der Waals surface area contributed by atoms with Gasteiger partial charge in [-0.15, -0.1) is 0 Å². The molecule has 25 heavy (non-hydrogen) atoms. The number of halogens is 3. The zero-order valence-corrected chi connectivity index (χ0v) is 14.5. The average Bonchev–Trinajstić information content (AvgIpc) is 2.62. The standard InChI is InChI=1S/C21H24F3N/c1-16(19-12-5-6-13-20(19)21(22,23)24)25-14-8-7-11-18(25)15-17-9-3-2-4-10-17/h2-6,9-10,12-13,16,18H,7-8,11,14-15H2,1H3. The summed E-state index contributed by atoms with van der Waals surface area (Å²) < 4.78 is 40.2. The van der Waals surface area contributed by atoms with Crippen molar-refractivity contribution in [1.82, 2.24) is 4.90 Å². The van der Waals surface area contributed by atoms with E-state index in [9.17, 15) is 13.2 Å². The van der Waals surface area contributed by atoms with Crippen molar-refractivity contribution in [1.29, 1.82) is 0 Å². The quantitative estimate of drug-likeness (QED) is 0.669. The first-order valence-corrected chi connectivity index (χ1v) is 8.92. The lowest BCUT2D eigenvalue weighted by molar-refractivity contribution is -0.138. The molecule has 0 saturated carbocycles. The highest BCUT2D eigenvalue weighted by Crippen LogP contribution is 2.38. The highest BCUT2D eigenvalue weighted by Gasteiger charge is 2.36. The van der Waals surface area contributed by atoms with Gasteiger partial charge in [0.2, 0.25) is 0 Å². The average molecular weight is 347 g/mol. The summed E-state index contributed by atoms with van der Waals surface area (Å²) in [5, 5.41) is 0. The molecule has 0 spiro atoms. The molecule has 0 amide bonds. The summed E-state index contributed by atoms with van der Waals surface area (Å²) in [6.45, 7) is 2.76. The van der Waals surface area contributed by atoms with Crippen LogP contribution in [0.15, 0.2) is 54.6 Å². The van der Waals surface area contributed by atoms with Gasteiger partial charge in [-0.3, -0.25) is 4.90 Å². The number of piperidine rings is 1. The van der Waals surface area contributed by atoms with Crippen LogP contribution in [0.2, 0.25) is 0 Å². The fourth-order valence-corrected chi connectivity index (χ4v) is 3.94. The minimum absolute atomic E-state index is 0.244. The van der Waals surface area contributed by atoms with E-state index in [4.69, 9.17) is 0 Å². The molecule has 2 atom stereocenters. The van der Waals surface area contributed by atoms with E-state index < -0.39 is 11.7 Å². The predicted octanol–water partition coefficient (Wildman–Crippen LogP) is 5.86. The maximum atomic E-state index is 13.4. The van der Waals surface area contributed by atoms with Gasteiger partial charge in [-0.1, -0.05) is 55.0 Å². The summed E-state index contributed by atoms with van der Waals surface area (Å²) in [5.74, 6) is 0. The molecule has 1 aliphatic heterocycles. The first kappa shape index (κ1) is 18.0. The van der Waals surface area contributed by atoms with E-state index in [0.717, 1.165) is 32.2 Å². The zero-order chi connectivity index (χ0) is 17.9. The van der Waals surface area contributed by atoms with Gasteiger partial charge in [0.1, 0.15) is 0 Å². The SMILES string of the molecule is CC(c1ccccc1C(F)(F)F)N1CCCCC1Cc1ccccc1. The van der Waals surface area contributed by atoms with Crippen molar-refractivity contribution in [3.63, 3.8) is 0 Å². The van der Waals surface area contributed by atoms with Gasteiger partial charge in [0.05, 0.1) is 5.56 Å². The zero-order valence-electron chi connectivity index (χ0n) is 14.5. The first-order valence-electron chi connectivity index (χ1n) is 8.92. The van der Waals surface area contributed by atoms with Crippen LogP contribution in [0, 0.1) is 0 Å². The van der Waals surface area contributed by atoms with Gasteiger partial charge in [0.15, 0.2) is 0 Å².